The lowest BCUT2D eigenvalue weighted by Gasteiger charge is -2.28. The van der Waals surface area contributed by atoms with Gasteiger partial charge in [0.05, 0.1) is 10.6 Å². The van der Waals surface area contributed by atoms with Crippen molar-refractivity contribution in [3.05, 3.63) is 18.2 Å². The van der Waals surface area contributed by atoms with Gasteiger partial charge in [-0.1, -0.05) is 6.92 Å². The molecule has 1 saturated heterocycles. The molecular formula is C14H19N3O4S. The van der Waals surface area contributed by atoms with Crippen molar-refractivity contribution in [2.24, 2.45) is 0 Å². The van der Waals surface area contributed by atoms with Gasteiger partial charge in [0, 0.05) is 26.2 Å². The van der Waals surface area contributed by atoms with Crippen LogP contribution in [0.2, 0.25) is 0 Å². The predicted molar refractivity (Wildman–Crippen MR) is 81.4 cm³/mol. The molecule has 2 aliphatic heterocycles. The molecule has 2 aliphatic rings. The quantitative estimate of drug-likeness (QED) is 0.839. The summed E-state index contributed by atoms with van der Waals surface area (Å²) in [5.74, 6) is 0.262. The van der Waals surface area contributed by atoms with Crippen molar-refractivity contribution in [3.8, 4) is 5.75 Å². The fraction of sp³-hybridized carbons (Fsp3) is 0.500. The molecule has 1 aromatic rings. The summed E-state index contributed by atoms with van der Waals surface area (Å²) < 4.78 is 32.3. The van der Waals surface area contributed by atoms with Crippen LogP contribution in [-0.2, 0) is 14.8 Å². The Hall–Kier alpha value is -1.64. The smallest absolute Gasteiger partial charge is 0.265 e. The van der Waals surface area contributed by atoms with Gasteiger partial charge in [0.2, 0.25) is 10.0 Å². The number of ether oxygens (including phenoxy) is 1. The first-order valence-electron chi connectivity index (χ1n) is 7.35. The van der Waals surface area contributed by atoms with Gasteiger partial charge in [-0.05, 0) is 24.6 Å². The van der Waals surface area contributed by atoms with Gasteiger partial charge < -0.3 is 15.4 Å². The summed E-state index contributed by atoms with van der Waals surface area (Å²) in [6.07, 6.45) is 0.0367. The van der Waals surface area contributed by atoms with Crippen LogP contribution in [0.15, 0.2) is 23.1 Å². The van der Waals surface area contributed by atoms with Crippen molar-refractivity contribution in [1.82, 2.24) is 9.62 Å². The van der Waals surface area contributed by atoms with Gasteiger partial charge in [0.15, 0.2) is 6.10 Å². The van der Waals surface area contributed by atoms with Crippen molar-refractivity contribution in [3.63, 3.8) is 0 Å². The fourth-order valence-corrected chi connectivity index (χ4v) is 4.06. The maximum atomic E-state index is 12.6. The summed E-state index contributed by atoms with van der Waals surface area (Å²) in [6, 6.07) is 4.60. The van der Waals surface area contributed by atoms with E-state index in [1.54, 1.807) is 6.07 Å². The average molecular weight is 325 g/mol. The molecule has 3 rings (SSSR count). The average Bonchev–Trinajstić information content (AvgIpc) is 2.54. The number of amides is 1. The van der Waals surface area contributed by atoms with Gasteiger partial charge in [-0.25, -0.2) is 8.42 Å². The number of sulfonamides is 1. The summed E-state index contributed by atoms with van der Waals surface area (Å²) in [4.78, 5) is 12.0. The molecule has 1 amide bonds. The molecule has 1 aromatic carbocycles. The molecule has 1 atom stereocenters. The number of carbonyl (C=O) groups is 1. The van der Waals surface area contributed by atoms with E-state index in [0.29, 0.717) is 44.0 Å². The highest BCUT2D eigenvalue weighted by Crippen LogP contribution is 2.33. The number of hydrogen-bond donors (Lipinski definition) is 2. The Labute approximate surface area is 129 Å². The van der Waals surface area contributed by atoms with E-state index in [2.05, 4.69) is 10.6 Å². The van der Waals surface area contributed by atoms with Gasteiger partial charge in [-0.3, -0.25) is 4.79 Å². The lowest BCUT2D eigenvalue weighted by molar-refractivity contribution is -0.123. The summed E-state index contributed by atoms with van der Waals surface area (Å²) in [6.45, 7) is 4.03. The van der Waals surface area contributed by atoms with E-state index < -0.39 is 16.1 Å². The Kier molecular flexibility index (Phi) is 4.07. The van der Waals surface area contributed by atoms with Crippen molar-refractivity contribution < 1.29 is 17.9 Å². The van der Waals surface area contributed by atoms with E-state index >= 15 is 0 Å². The van der Waals surface area contributed by atoms with Crippen molar-refractivity contribution in [1.29, 1.82) is 0 Å². The van der Waals surface area contributed by atoms with Crippen LogP contribution in [0, 0.1) is 0 Å². The number of hydrogen-bond acceptors (Lipinski definition) is 5. The number of fused-ring (bicyclic) bond motifs is 1. The maximum Gasteiger partial charge on any atom is 0.265 e. The lowest BCUT2D eigenvalue weighted by Crippen LogP contribution is -2.46. The zero-order chi connectivity index (χ0) is 15.7. The first-order valence-corrected chi connectivity index (χ1v) is 8.79. The number of piperazine rings is 1. The van der Waals surface area contributed by atoms with Crippen molar-refractivity contribution in [2.75, 3.05) is 31.5 Å². The monoisotopic (exact) mass is 325 g/mol. The molecule has 0 radical (unpaired) electrons. The zero-order valence-electron chi connectivity index (χ0n) is 12.3. The Morgan fingerprint density at radius 1 is 1.32 bits per heavy atom. The standard InChI is InChI=1S/C14H19N3O4S/c1-2-12-14(18)16-11-9-10(3-4-13(11)21-12)22(19,20)17-7-5-15-6-8-17/h3-4,9,12,15H,2,5-8H2,1H3,(H,16,18)/t12-/m1/s1. The van der Waals surface area contributed by atoms with Gasteiger partial charge in [-0.15, -0.1) is 0 Å². The fourth-order valence-electron chi connectivity index (χ4n) is 2.59. The summed E-state index contributed by atoms with van der Waals surface area (Å²) in [7, 11) is -3.55. The Morgan fingerprint density at radius 2 is 2.05 bits per heavy atom. The number of carbonyl (C=O) groups excluding carboxylic acids is 1. The van der Waals surface area contributed by atoms with Crippen LogP contribution in [0.1, 0.15) is 13.3 Å². The highest BCUT2D eigenvalue weighted by molar-refractivity contribution is 7.89. The largest absolute Gasteiger partial charge is 0.478 e. The molecule has 22 heavy (non-hydrogen) atoms. The van der Waals surface area contributed by atoms with Crippen LogP contribution in [-0.4, -0.2) is 50.9 Å². The molecule has 0 spiro atoms. The normalized spacial score (nSPS) is 22.6. The zero-order valence-corrected chi connectivity index (χ0v) is 13.1. The van der Waals surface area contributed by atoms with Gasteiger partial charge >= 0.3 is 0 Å². The second-order valence-corrected chi connectivity index (χ2v) is 7.25. The molecular weight excluding hydrogens is 306 g/mol. The molecule has 0 bridgehead atoms. The van der Waals surface area contributed by atoms with Gasteiger partial charge in [0.1, 0.15) is 5.75 Å². The molecule has 0 saturated carbocycles. The Bertz CT molecular complexity index is 683. The minimum Gasteiger partial charge on any atom is -0.478 e. The topological polar surface area (TPSA) is 87.7 Å². The molecule has 0 unspecified atom stereocenters. The Balaban J connectivity index is 1.90. The third-order valence-corrected chi connectivity index (χ3v) is 5.75. The van der Waals surface area contributed by atoms with Crippen LogP contribution in [0.4, 0.5) is 5.69 Å². The van der Waals surface area contributed by atoms with E-state index in [1.807, 2.05) is 6.92 Å². The molecule has 1 fully saturated rings. The number of nitrogens with zero attached hydrogens (tertiary/aromatic N) is 1. The summed E-state index contributed by atoms with van der Waals surface area (Å²) in [5.41, 5.74) is 0.408. The predicted octanol–water partition coefficient (Wildman–Crippen LogP) is 0.390. The van der Waals surface area contributed by atoms with Crippen LogP contribution in [0.5, 0.6) is 5.75 Å². The van der Waals surface area contributed by atoms with E-state index in [9.17, 15) is 13.2 Å². The van der Waals surface area contributed by atoms with E-state index in [0.717, 1.165) is 0 Å². The summed E-state index contributed by atoms with van der Waals surface area (Å²) in [5, 5.41) is 5.84. The number of benzene rings is 1. The van der Waals surface area contributed by atoms with Gasteiger partial charge in [0.25, 0.3) is 5.91 Å². The number of anilines is 1. The lowest BCUT2D eigenvalue weighted by atomic mass is 10.2. The first kappa shape index (κ1) is 15.3. The van der Waals surface area contributed by atoms with E-state index in [1.165, 1.54) is 16.4 Å². The van der Waals surface area contributed by atoms with Crippen LogP contribution in [0.25, 0.3) is 0 Å². The minimum absolute atomic E-state index is 0.173. The van der Waals surface area contributed by atoms with Crippen molar-refractivity contribution >= 4 is 21.6 Å². The third-order valence-electron chi connectivity index (χ3n) is 3.86. The van der Waals surface area contributed by atoms with Crippen molar-refractivity contribution in [2.45, 2.75) is 24.3 Å². The SMILES string of the molecule is CC[C@H]1Oc2ccc(S(=O)(=O)N3CCNCC3)cc2NC1=O. The van der Waals surface area contributed by atoms with E-state index in [-0.39, 0.29) is 10.8 Å². The van der Waals surface area contributed by atoms with Crippen LogP contribution in [0.3, 0.4) is 0 Å². The number of rotatable bonds is 3. The molecule has 2 N–H and O–H groups in total. The molecule has 0 aliphatic carbocycles. The highest BCUT2D eigenvalue weighted by atomic mass is 32.2. The second kappa shape index (κ2) is 5.86. The van der Waals surface area contributed by atoms with Gasteiger partial charge in [-0.2, -0.15) is 4.31 Å². The molecule has 7 nitrogen and oxygen atoms in total. The molecule has 2 heterocycles. The van der Waals surface area contributed by atoms with E-state index in [4.69, 9.17) is 4.74 Å². The number of nitrogens with one attached hydrogen (secondary N) is 2. The molecule has 8 heteroatoms. The van der Waals surface area contributed by atoms with Crippen LogP contribution >= 0.6 is 0 Å². The highest BCUT2D eigenvalue weighted by Gasteiger charge is 2.30. The third kappa shape index (κ3) is 2.69. The molecule has 120 valence electrons. The minimum atomic E-state index is -3.55. The maximum absolute atomic E-state index is 12.6. The Morgan fingerprint density at radius 3 is 2.73 bits per heavy atom. The summed E-state index contributed by atoms with van der Waals surface area (Å²) >= 11 is 0. The second-order valence-electron chi connectivity index (χ2n) is 5.32. The van der Waals surface area contributed by atoms with Crippen LogP contribution < -0.4 is 15.4 Å². The first-order chi connectivity index (χ1) is 10.5. The molecule has 0 aromatic heterocycles.